The molecule has 0 saturated carbocycles. The van der Waals surface area contributed by atoms with E-state index in [1.165, 1.54) is 13.0 Å². The molecule has 0 unspecified atom stereocenters. The van der Waals surface area contributed by atoms with Gasteiger partial charge in [-0.05, 0) is 30.7 Å². The van der Waals surface area contributed by atoms with Crippen LogP contribution in [-0.4, -0.2) is 24.8 Å². The normalized spacial score (nSPS) is 12.0. The van der Waals surface area contributed by atoms with Crippen LogP contribution < -0.4 is 0 Å². The molecule has 0 N–H and O–H groups in total. The van der Waals surface area contributed by atoms with E-state index in [9.17, 15) is 13.2 Å². The number of benzene rings is 1. The van der Waals surface area contributed by atoms with Crippen molar-refractivity contribution in [3.63, 3.8) is 0 Å². The van der Waals surface area contributed by atoms with Crippen molar-refractivity contribution in [2.45, 2.75) is 19.5 Å². The third-order valence-electron chi connectivity index (χ3n) is 3.80. The minimum atomic E-state index is -4.57. The molecule has 4 aromatic rings. The summed E-state index contributed by atoms with van der Waals surface area (Å²) in [5.41, 5.74) is 0.386. The van der Waals surface area contributed by atoms with Gasteiger partial charge in [0.05, 0.1) is 6.42 Å². The molecule has 0 amide bonds. The van der Waals surface area contributed by atoms with Crippen LogP contribution in [-0.2, 0) is 12.6 Å². The molecular weight excluding hydrogens is 383 g/mol. The molecule has 0 saturated heterocycles. The predicted octanol–water partition coefficient (Wildman–Crippen LogP) is 4.35. The zero-order chi connectivity index (χ0) is 19.2. The summed E-state index contributed by atoms with van der Waals surface area (Å²) in [4.78, 5) is 4.08. The minimum absolute atomic E-state index is 0.0234. The first kappa shape index (κ1) is 17.5. The third kappa shape index (κ3) is 3.50. The monoisotopic (exact) mass is 393 g/mol. The van der Waals surface area contributed by atoms with E-state index in [1.54, 1.807) is 12.1 Å². The van der Waals surface area contributed by atoms with E-state index in [4.69, 9.17) is 16.0 Å². The molecular formula is C17H11ClF3N5O. The molecule has 10 heteroatoms. The van der Waals surface area contributed by atoms with Crippen molar-refractivity contribution >= 4 is 17.2 Å². The molecule has 0 aliphatic carbocycles. The molecule has 0 atom stereocenters. The van der Waals surface area contributed by atoms with Gasteiger partial charge in [0, 0.05) is 16.8 Å². The largest absolute Gasteiger partial charge is 0.433 e. The maximum absolute atomic E-state index is 13.2. The Bertz CT molecular complexity index is 1120. The maximum atomic E-state index is 13.2. The number of halogens is 4. The molecule has 0 radical (unpaired) electrons. The van der Waals surface area contributed by atoms with Gasteiger partial charge in [-0.25, -0.2) is 9.50 Å². The predicted molar refractivity (Wildman–Crippen MR) is 90.3 cm³/mol. The molecule has 6 nitrogen and oxygen atoms in total. The van der Waals surface area contributed by atoms with Crippen molar-refractivity contribution < 1.29 is 17.6 Å². The Labute approximate surface area is 155 Å². The molecule has 138 valence electrons. The molecule has 0 aliphatic rings. The van der Waals surface area contributed by atoms with Crippen LogP contribution in [0.15, 0.2) is 40.8 Å². The topological polar surface area (TPSA) is 69.1 Å². The minimum Gasteiger partial charge on any atom is -0.419 e. The Kier molecular flexibility index (Phi) is 4.11. The van der Waals surface area contributed by atoms with Gasteiger partial charge < -0.3 is 4.42 Å². The summed E-state index contributed by atoms with van der Waals surface area (Å²) in [6.07, 6.45) is -4.20. The molecule has 0 aliphatic heterocycles. The number of rotatable bonds is 3. The van der Waals surface area contributed by atoms with E-state index in [0.29, 0.717) is 17.3 Å². The number of aryl methyl sites for hydroxylation is 1. The fourth-order valence-electron chi connectivity index (χ4n) is 2.61. The van der Waals surface area contributed by atoms with Crippen LogP contribution in [0.3, 0.4) is 0 Å². The van der Waals surface area contributed by atoms with Crippen LogP contribution in [0.1, 0.15) is 22.8 Å². The fraction of sp³-hybridized carbons (Fsp3) is 0.176. The Morgan fingerprint density at radius 1 is 1.11 bits per heavy atom. The van der Waals surface area contributed by atoms with Crippen molar-refractivity contribution in [3.05, 3.63) is 64.3 Å². The van der Waals surface area contributed by atoms with E-state index < -0.39 is 11.9 Å². The van der Waals surface area contributed by atoms with Gasteiger partial charge in [0.25, 0.3) is 5.89 Å². The Hall–Kier alpha value is -2.94. The average Bonchev–Trinajstić information content (AvgIpc) is 3.21. The van der Waals surface area contributed by atoms with Crippen molar-refractivity contribution in [1.82, 2.24) is 24.8 Å². The highest BCUT2D eigenvalue weighted by atomic mass is 35.5. The van der Waals surface area contributed by atoms with Gasteiger partial charge in [-0.1, -0.05) is 23.7 Å². The van der Waals surface area contributed by atoms with Gasteiger partial charge in [-0.2, -0.15) is 18.3 Å². The third-order valence-corrected chi connectivity index (χ3v) is 4.05. The number of hydrogen-bond acceptors (Lipinski definition) is 5. The number of alkyl halides is 3. The first-order valence-electron chi connectivity index (χ1n) is 7.81. The second-order valence-corrected chi connectivity index (χ2v) is 6.32. The van der Waals surface area contributed by atoms with Gasteiger partial charge >= 0.3 is 6.18 Å². The summed E-state index contributed by atoms with van der Waals surface area (Å²) in [5, 5.41) is 12.4. The van der Waals surface area contributed by atoms with Crippen molar-refractivity contribution in [1.29, 1.82) is 0 Å². The summed E-state index contributed by atoms with van der Waals surface area (Å²) in [5.74, 6) is 0.333. The van der Waals surface area contributed by atoms with E-state index in [0.717, 1.165) is 16.1 Å². The second kappa shape index (κ2) is 6.34. The lowest BCUT2D eigenvalue weighted by Gasteiger charge is -2.08. The lowest BCUT2D eigenvalue weighted by Crippen LogP contribution is -2.13. The SMILES string of the molecule is Cc1cc(C(F)(F)F)n2nc(-c3nnc(Cc4ccc(Cl)cc4)o3)cc2n1. The Morgan fingerprint density at radius 2 is 1.85 bits per heavy atom. The van der Waals surface area contributed by atoms with Gasteiger partial charge in [0.15, 0.2) is 11.3 Å². The second-order valence-electron chi connectivity index (χ2n) is 5.88. The molecule has 1 aromatic carbocycles. The van der Waals surface area contributed by atoms with Crippen molar-refractivity contribution in [2.24, 2.45) is 0 Å². The standard InChI is InChI=1S/C17H11ClF3N5O/c1-9-6-13(17(19,20)21)26-14(22-9)8-12(25-26)16-24-23-15(27-16)7-10-2-4-11(18)5-3-10/h2-6,8H,7H2,1H3. The van der Waals surface area contributed by atoms with Crippen LogP contribution >= 0.6 is 11.6 Å². The molecule has 0 fully saturated rings. The Balaban J connectivity index is 1.69. The molecule has 4 rings (SSSR count). The van der Waals surface area contributed by atoms with Gasteiger partial charge in [0.2, 0.25) is 5.89 Å². The summed E-state index contributed by atoms with van der Waals surface area (Å²) >= 11 is 5.85. The number of fused-ring (bicyclic) bond motifs is 1. The zero-order valence-corrected chi connectivity index (χ0v) is 14.6. The quantitative estimate of drug-likeness (QED) is 0.517. The summed E-state index contributed by atoms with van der Waals surface area (Å²) in [7, 11) is 0. The van der Waals surface area contributed by atoms with Crippen molar-refractivity contribution in [2.75, 3.05) is 0 Å². The molecule has 27 heavy (non-hydrogen) atoms. The smallest absolute Gasteiger partial charge is 0.419 e. The lowest BCUT2D eigenvalue weighted by molar-refractivity contribution is -0.142. The van der Waals surface area contributed by atoms with Gasteiger partial charge in [-0.3, -0.25) is 0 Å². The van der Waals surface area contributed by atoms with Gasteiger partial charge in [0.1, 0.15) is 5.69 Å². The molecule has 0 spiro atoms. The average molecular weight is 394 g/mol. The molecule has 3 heterocycles. The van der Waals surface area contributed by atoms with Crippen LogP contribution in [0.2, 0.25) is 5.02 Å². The zero-order valence-electron chi connectivity index (χ0n) is 13.8. The highest BCUT2D eigenvalue weighted by molar-refractivity contribution is 6.30. The lowest BCUT2D eigenvalue weighted by atomic mass is 10.1. The highest BCUT2D eigenvalue weighted by Gasteiger charge is 2.35. The highest BCUT2D eigenvalue weighted by Crippen LogP contribution is 2.31. The summed E-state index contributed by atoms with van der Waals surface area (Å²) in [6.45, 7) is 1.48. The fourth-order valence-corrected chi connectivity index (χ4v) is 2.74. The number of aromatic nitrogens is 5. The van der Waals surface area contributed by atoms with Gasteiger partial charge in [-0.15, -0.1) is 10.2 Å². The van der Waals surface area contributed by atoms with Crippen LogP contribution in [0.25, 0.3) is 17.2 Å². The van der Waals surface area contributed by atoms with Crippen LogP contribution in [0.4, 0.5) is 13.2 Å². The van der Waals surface area contributed by atoms with E-state index in [-0.39, 0.29) is 22.9 Å². The molecule has 0 bridgehead atoms. The first-order chi connectivity index (χ1) is 12.8. The van der Waals surface area contributed by atoms with E-state index >= 15 is 0 Å². The molecule has 3 aromatic heterocycles. The van der Waals surface area contributed by atoms with Crippen molar-refractivity contribution in [3.8, 4) is 11.6 Å². The van der Waals surface area contributed by atoms with Crippen LogP contribution in [0, 0.1) is 6.92 Å². The Morgan fingerprint density at radius 3 is 2.56 bits per heavy atom. The first-order valence-corrected chi connectivity index (χ1v) is 8.19. The summed E-state index contributed by atoms with van der Waals surface area (Å²) < 4.78 is 46.0. The number of hydrogen-bond donors (Lipinski definition) is 0. The maximum Gasteiger partial charge on any atom is 0.433 e. The number of nitrogens with zero attached hydrogens (tertiary/aromatic N) is 5. The van der Waals surface area contributed by atoms with Crippen LogP contribution in [0.5, 0.6) is 0 Å². The van der Waals surface area contributed by atoms with E-state index in [1.807, 2.05) is 12.1 Å². The van der Waals surface area contributed by atoms with E-state index in [2.05, 4.69) is 20.3 Å². The summed E-state index contributed by atoms with van der Waals surface area (Å²) in [6, 6.07) is 9.43.